The van der Waals surface area contributed by atoms with Gasteiger partial charge in [0.2, 0.25) is 0 Å². The van der Waals surface area contributed by atoms with Crippen LogP contribution in [0.2, 0.25) is 0 Å². The second-order valence-corrected chi connectivity index (χ2v) is 9.59. The van der Waals surface area contributed by atoms with E-state index in [0.717, 1.165) is 55.0 Å². The number of fused-ring (bicyclic) bond motifs is 1. The summed E-state index contributed by atoms with van der Waals surface area (Å²) < 4.78 is 38.2. The van der Waals surface area contributed by atoms with Crippen LogP contribution in [0.3, 0.4) is 0 Å². The Morgan fingerprint density at radius 3 is 2.52 bits per heavy atom. The van der Waals surface area contributed by atoms with E-state index < -0.39 is 12.6 Å². The largest absolute Gasteiger partial charge is 0.393 e. The molecule has 2 aromatic heterocycles. The molecule has 0 atom stereocenters. The Bertz CT molecular complexity index is 801. The minimum absolute atomic E-state index is 0.302. The van der Waals surface area contributed by atoms with Gasteiger partial charge in [0.15, 0.2) is 0 Å². The molecule has 0 saturated carbocycles. The summed E-state index contributed by atoms with van der Waals surface area (Å²) >= 11 is 1.12. The summed E-state index contributed by atoms with van der Waals surface area (Å²) in [6, 6.07) is 1.63. The molecular weight excluding hydrogens is 373 g/mol. The van der Waals surface area contributed by atoms with Crippen LogP contribution in [0.1, 0.15) is 31.6 Å². The third-order valence-electron chi connectivity index (χ3n) is 5.60. The van der Waals surface area contributed by atoms with Gasteiger partial charge in [0.25, 0.3) is 0 Å². The first-order valence-electron chi connectivity index (χ1n) is 9.51. The number of hydrogen-bond donors (Lipinski definition) is 0. The lowest BCUT2D eigenvalue weighted by molar-refractivity contribution is -0.126. The summed E-state index contributed by atoms with van der Waals surface area (Å²) in [6.07, 6.45) is -1.39. The highest BCUT2D eigenvalue weighted by Crippen LogP contribution is 2.42. The Hall–Kier alpha value is -1.41. The van der Waals surface area contributed by atoms with Gasteiger partial charge in [-0.2, -0.15) is 13.2 Å². The van der Waals surface area contributed by atoms with Crippen molar-refractivity contribution in [3.05, 3.63) is 17.3 Å². The van der Waals surface area contributed by atoms with Gasteiger partial charge in [-0.15, -0.1) is 11.3 Å². The first-order valence-corrected chi connectivity index (χ1v) is 10.3. The summed E-state index contributed by atoms with van der Waals surface area (Å²) in [5.74, 6) is 1.49. The van der Waals surface area contributed by atoms with Crippen molar-refractivity contribution in [1.82, 2.24) is 14.9 Å². The van der Waals surface area contributed by atoms with Gasteiger partial charge in [-0.3, -0.25) is 0 Å². The number of likely N-dealkylation sites (tertiary alicyclic amines) is 1. The Labute approximate surface area is 161 Å². The summed E-state index contributed by atoms with van der Waals surface area (Å²) in [4.78, 5) is 14.3. The monoisotopic (exact) mass is 398 g/mol. The van der Waals surface area contributed by atoms with Gasteiger partial charge >= 0.3 is 6.18 Å². The lowest BCUT2D eigenvalue weighted by Gasteiger charge is -2.54. The fraction of sp³-hybridized carbons (Fsp3) is 0.684. The van der Waals surface area contributed by atoms with Crippen LogP contribution in [0.4, 0.5) is 19.0 Å². The molecule has 4 heterocycles. The molecule has 0 amide bonds. The second-order valence-electron chi connectivity index (χ2n) is 8.47. The van der Waals surface area contributed by atoms with E-state index in [1.54, 1.807) is 6.07 Å². The van der Waals surface area contributed by atoms with Crippen molar-refractivity contribution in [1.29, 1.82) is 0 Å². The predicted octanol–water partition coefficient (Wildman–Crippen LogP) is 4.35. The Morgan fingerprint density at radius 2 is 1.89 bits per heavy atom. The van der Waals surface area contributed by atoms with Crippen molar-refractivity contribution < 1.29 is 13.2 Å². The minimum atomic E-state index is -4.20. The molecule has 0 N–H and O–H groups in total. The molecule has 4 rings (SSSR count). The number of halogens is 3. The maximum absolute atomic E-state index is 12.7. The molecule has 2 fully saturated rings. The molecule has 2 saturated heterocycles. The van der Waals surface area contributed by atoms with Gasteiger partial charge in [-0.25, -0.2) is 9.97 Å². The van der Waals surface area contributed by atoms with E-state index in [2.05, 4.69) is 33.6 Å². The lowest BCUT2D eigenvalue weighted by Crippen LogP contribution is -2.60. The van der Waals surface area contributed by atoms with Crippen LogP contribution in [0.15, 0.2) is 12.4 Å². The highest BCUT2D eigenvalue weighted by molar-refractivity contribution is 7.18. The Balaban J connectivity index is 1.45. The zero-order valence-corrected chi connectivity index (χ0v) is 16.5. The minimum Gasteiger partial charge on any atom is -0.356 e. The lowest BCUT2D eigenvalue weighted by atomic mass is 9.71. The van der Waals surface area contributed by atoms with E-state index in [-0.39, 0.29) is 0 Å². The maximum Gasteiger partial charge on any atom is 0.393 e. The quantitative estimate of drug-likeness (QED) is 0.766. The Kier molecular flexibility index (Phi) is 4.83. The molecule has 0 bridgehead atoms. The smallest absolute Gasteiger partial charge is 0.356 e. The molecule has 4 nitrogen and oxygen atoms in total. The molecule has 2 aromatic rings. The summed E-state index contributed by atoms with van der Waals surface area (Å²) in [6.45, 7) is 9.83. The Morgan fingerprint density at radius 1 is 1.19 bits per heavy atom. The summed E-state index contributed by atoms with van der Waals surface area (Å²) in [7, 11) is 0. The van der Waals surface area contributed by atoms with Crippen LogP contribution in [0, 0.1) is 11.3 Å². The van der Waals surface area contributed by atoms with Crippen molar-refractivity contribution in [3.8, 4) is 0 Å². The van der Waals surface area contributed by atoms with Crippen LogP contribution in [0.25, 0.3) is 10.2 Å². The van der Waals surface area contributed by atoms with E-state index >= 15 is 0 Å². The van der Waals surface area contributed by atoms with Crippen molar-refractivity contribution in [2.75, 3.05) is 37.6 Å². The number of hydrogen-bond acceptors (Lipinski definition) is 5. The average molecular weight is 398 g/mol. The van der Waals surface area contributed by atoms with Crippen LogP contribution in [0.5, 0.6) is 0 Å². The molecule has 0 aliphatic carbocycles. The zero-order chi connectivity index (χ0) is 19.2. The normalized spacial score (nSPS) is 20.6. The van der Waals surface area contributed by atoms with Crippen molar-refractivity contribution in [2.24, 2.45) is 11.3 Å². The molecule has 8 heteroatoms. The molecule has 0 radical (unpaired) electrons. The predicted molar refractivity (Wildman–Crippen MR) is 102 cm³/mol. The van der Waals surface area contributed by atoms with Gasteiger partial charge in [0.1, 0.15) is 17.0 Å². The third kappa shape index (κ3) is 4.06. The number of piperidine rings is 1. The van der Waals surface area contributed by atoms with Gasteiger partial charge in [0.05, 0.1) is 11.8 Å². The van der Waals surface area contributed by atoms with Crippen molar-refractivity contribution >= 4 is 27.4 Å². The van der Waals surface area contributed by atoms with E-state index in [0.29, 0.717) is 21.0 Å². The number of aromatic nitrogens is 2. The van der Waals surface area contributed by atoms with E-state index in [1.165, 1.54) is 19.4 Å². The molecule has 2 aliphatic rings. The van der Waals surface area contributed by atoms with Gasteiger partial charge in [0, 0.05) is 37.6 Å². The molecular formula is C19H25F3N4S. The molecule has 1 spiro atoms. The van der Waals surface area contributed by atoms with Crippen LogP contribution in [-0.4, -0.2) is 53.8 Å². The third-order valence-corrected chi connectivity index (χ3v) is 6.64. The maximum atomic E-state index is 12.7. The molecule has 0 unspecified atom stereocenters. The second kappa shape index (κ2) is 6.88. The molecule has 2 aliphatic heterocycles. The zero-order valence-electron chi connectivity index (χ0n) is 15.7. The average Bonchev–Trinajstić information content (AvgIpc) is 2.93. The molecule has 148 valence electrons. The van der Waals surface area contributed by atoms with Gasteiger partial charge in [-0.1, -0.05) is 13.8 Å². The van der Waals surface area contributed by atoms with E-state index in [4.69, 9.17) is 0 Å². The fourth-order valence-corrected chi connectivity index (χ4v) is 5.51. The highest BCUT2D eigenvalue weighted by atomic mass is 32.1. The SMILES string of the molecule is CC(C)CN1CC2(CCN(c3ncnc4sc(CC(F)(F)F)cc34)CC2)C1. The van der Waals surface area contributed by atoms with Crippen LogP contribution >= 0.6 is 11.3 Å². The first kappa shape index (κ1) is 18.9. The van der Waals surface area contributed by atoms with Crippen LogP contribution < -0.4 is 4.90 Å². The van der Waals surface area contributed by atoms with Crippen molar-refractivity contribution in [3.63, 3.8) is 0 Å². The van der Waals surface area contributed by atoms with E-state index in [9.17, 15) is 13.2 Å². The molecule has 27 heavy (non-hydrogen) atoms. The van der Waals surface area contributed by atoms with Gasteiger partial charge < -0.3 is 9.80 Å². The number of thiophene rings is 1. The number of alkyl halides is 3. The molecule has 0 aromatic carbocycles. The summed E-state index contributed by atoms with van der Waals surface area (Å²) in [5.41, 5.74) is 0.424. The van der Waals surface area contributed by atoms with E-state index in [1.807, 2.05) is 0 Å². The number of anilines is 1. The number of rotatable bonds is 4. The topological polar surface area (TPSA) is 32.3 Å². The standard InChI is InChI=1S/C19H25F3N4S/c1-13(2)9-25-10-18(11-25)3-5-26(6-4-18)16-15-7-14(8-19(20,21)22)27-17(15)24-12-23-16/h7,12-13H,3-6,8-11H2,1-2H3. The van der Waals surface area contributed by atoms with Crippen molar-refractivity contribution in [2.45, 2.75) is 39.3 Å². The highest BCUT2D eigenvalue weighted by Gasteiger charge is 2.44. The van der Waals surface area contributed by atoms with Gasteiger partial charge in [-0.05, 0) is 30.2 Å². The first-order chi connectivity index (χ1) is 12.7. The summed E-state index contributed by atoms with van der Waals surface area (Å²) in [5, 5.41) is 0.757. The fourth-order valence-electron chi connectivity index (χ4n) is 4.49. The van der Waals surface area contributed by atoms with Crippen LogP contribution in [-0.2, 0) is 6.42 Å². The number of nitrogens with zero attached hydrogens (tertiary/aromatic N) is 4.